The largest absolute Gasteiger partial charge is 0.465 e. The maximum atomic E-state index is 14.1. The molecule has 0 aromatic rings. The molecule has 0 saturated carbocycles. The van der Waals surface area contributed by atoms with Crippen LogP contribution in [0.1, 0.15) is 59.3 Å². The van der Waals surface area contributed by atoms with Gasteiger partial charge in [0.15, 0.2) is 0 Å². The molecule has 3 fully saturated rings. The van der Waals surface area contributed by atoms with E-state index in [1.165, 1.54) is 4.90 Å². The molecule has 0 aromatic heterocycles. The van der Waals surface area contributed by atoms with E-state index in [2.05, 4.69) is 20.1 Å². The summed E-state index contributed by atoms with van der Waals surface area (Å²) in [4.78, 5) is 44.5. The van der Waals surface area contributed by atoms with Crippen molar-refractivity contribution >= 4 is 29.5 Å². The van der Waals surface area contributed by atoms with Gasteiger partial charge in [-0.2, -0.15) is 0 Å². The first kappa shape index (κ1) is 26.8. The number of aliphatic hydroxyl groups is 1. The predicted octanol–water partition coefficient (Wildman–Crippen LogP) is 3.17. The molecule has 6 atom stereocenters. The Hall–Kier alpha value is -1.80. The van der Waals surface area contributed by atoms with Crippen LogP contribution in [0.2, 0.25) is 0 Å². The minimum atomic E-state index is -0.707. The third kappa shape index (κ3) is 4.43. The molecule has 3 heterocycles. The summed E-state index contributed by atoms with van der Waals surface area (Å²) in [6.45, 7) is 14.2. The van der Waals surface area contributed by atoms with E-state index in [4.69, 9.17) is 4.74 Å². The summed E-state index contributed by atoms with van der Waals surface area (Å²) in [6.07, 6.45) is 8.18. The molecule has 8 heteroatoms. The molecule has 0 aromatic carbocycles. The first-order valence-electron chi connectivity index (χ1n) is 12.5. The highest BCUT2D eigenvalue weighted by Crippen LogP contribution is 2.71. The van der Waals surface area contributed by atoms with Crippen LogP contribution in [0.3, 0.4) is 0 Å². The molecule has 3 rings (SSSR count). The molecule has 2 amide bonds. The van der Waals surface area contributed by atoms with Gasteiger partial charge in [-0.1, -0.05) is 25.5 Å². The summed E-state index contributed by atoms with van der Waals surface area (Å²) >= 11 is 1.63. The van der Waals surface area contributed by atoms with Crippen LogP contribution >= 0.6 is 11.8 Å². The number of hydrogen-bond donors (Lipinski definition) is 1. The lowest BCUT2D eigenvalue weighted by Crippen LogP contribution is -2.56. The number of allylic oxidation sites excluding steroid dienone is 1. The quantitative estimate of drug-likeness (QED) is 0.241. The molecule has 1 N–H and O–H groups in total. The zero-order valence-electron chi connectivity index (χ0n) is 20.8. The molecular formula is C26H40N2O5S. The van der Waals surface area contributed by atoms with Gasteiger partial charge in [-0.15, -0.1) is 24.9 Å². The number of nitrogens with zero attached hydrogens (tertiary/aromatic N) is 2. The van der Waals surface area contributed by atoms with Crippen molar-refractivity contribution in [3.8, 4) is 0 Å². The molecule has 7 nitrogen and oxygen atoms in total. The topological polar surface area (TPSA) is 87.1 Å². The Balaban J connectivity index is 1.97. The Morgan fingerprint density at radius 1 is 1.35 bits per heavy atom. The number of ether oxygens (including phenoxy) is 1. The highest BCUT2D eigenvalue weighted by atomic mass is 32.2. The van der Waals surface area contributed by atoms with E-state index in [1.807, 2.05) is 18.7 Å². The van der Waals surface area contributed by atoms with Crippen LogP contribution in [0.25, 0.3) is 0 Å². The molecule has 1 spiro atoms. The fraction of sp³-hybridized carbons (Fsp3) is 0.731. The van der Waals surface area contributed by atoms with E-state index in [1.54, 1.807) is 23.9 Å². The molecule has 3 aliphatic rings. The summed E-state index contributed by atoms with van der Waals surface area (Å²) in [7, 11) is 0. The Morgan fingerprint density at radius 3 is 2.71 bits per heavy atom. The molecule has 190 valence electrons. The Kier molecular flexibility index (Phi) is 8.56. The number of unbranched alkanes of at least 4 members (excludes halogenated alkanes) is 1. The van der Waals surface area contributed by atoms with Crippen molar-refractivity contribution in [2.24, 2.45) is 11.8 Å². The van der Waals surface area contributed by atoms with Gasteiger partial charge in [-0.3, -0.25) is 14.4 Å². The minimum absolute atomic E-state index is 0.00170. The van der Waals surface area contributed by atoms with Crippen molar-refractivity contribution in [2.75, 3.05) is 26.3 Å². The van der Waals surface area contributed by atoms with Crippen molar-refractivity contribution in [1.29, 1.82) is 0 Å². The van der Waals surface area contributed by atoms with Gasteiger partial charge < -0.3 is 19.6 Å². The molecule has 3 unspecified atom stereocenters. The molecule has 2 bridgehead atoms. The van der Waals surface area contributed by atoms with E-state index < -0.39 is 27.4 Å². The van der Waals surface area contributed by atoms with Gasteiger partial charge in [0.05, 0.1) is 29.8 Å². The number of likely N-dealkylation sites (tertiary alicyclic amines) is 1. The van der Waals surface area contributed by atoms with Gasteiger partial charge in [0, 0.05) is 23.9 Å². The van der Waals surface area contributed by atoms with Crippen molar-refractivity contribution in [1.82, 2.24) is 9.80 Å². The summed E-state index contributed by atoms with van der Waals surface area (Å²) < 4.78 is 4.48. The van der Waals surface area contributed by atoms with E-state index in [0.717, 1.165) is 25.7 Å². The van der Waals surface area contributed by atoms with E-state index in [9.17, 15) is 19.5 Å². The monoisotopic (exact) mass is 492 g/mol. The van der Waals surface area contributed by atoms with Gasteiger partial charge >= 0.3 is 5.97 Å². The molecule has 0 radical (unpaired) electrons. The lowest BCUT2D eigenvalue weighted by Gasteiger charge is -2.39. The number of hydrogen-bond acceptors (Lipinski definition) is 6. The second kappa shape index (κ2) is 10.9. The number of thioether (sulfide) groups is 1. The number of amides is 2. The SMILES string of the molecule is C=CCCCOC(=O)[C@H]1[C@H]2C(=O)N(CCO)C(C(=O)N(CC=C)C(C)CCC)C23CC[C@]1(C)S3. The van der Waals surface area contributed by atoms with Crippen LogP contribution < -0.4 is 0 Å². The average Bonchev–Trinajstić information content (AvgIpc) is 3.36. The smallest absolute Gasteiger partial charge is 0.311 e. The maximum absolute atomic E-state index is 14.1. The predicted molar refractivity (Wildman–Crippen MR) is 134 cm³/mol. The standard InChI is InChI=1S/C26H40N2O5S/c1-6-9-10-17-33-24(32)20-19-22(30)28(15-16-29)21(26(19)13-12-25(20,5)34-26)23(31)27(14-8-3)18(4)11-7-2/h6,8,18-21,29H,1,3,7,9-17H2,2,4-5H3/t18?,19-,20+,21?,25-,26?/m0/s1. The summed E-state index contributed by atoms with van der Waals surface area (Å²) in [5.74, 6) is -1.88. The van der Waals surface area contributed by atoms with Gasteiger partial charge in [-0.05, 0) is 46.0 Å². The first-order chi connectivity index (χ1) is 16.2. The van der Waals surface area contributed by atoms with Gasteiger partial charge in [0.1, 0.15) is 6.04 Å². The number of β-amino-alcohol motifs (C(OH)–C–C–N with tert-alkyl or cyclic N) is 1. The van der Waals surface area contributed by atoms with Gasteiger partial charge in [-0.25, -0.2) is 0 Å². The van der Waals surface area contributed by atoms with Crippen LogP contribution in [0, 0.1) is 11.8 Å². The number of carbonyl (C=O) groups is 3. The number of fused-ring (bicyclic) bond motifs is 1. The fourth-order valence-corrected chi connectivity index (χ4v) is 8.60. The van der Waals surface area contributed by atoms with Crippen LogP contribution in [0.5, 0.6) is 0 Å². The summed E-state index contributed by atoms with van der Waals surface area (Å²) in [6, 6.07) is -0.705. The zero-order chi connectivity index (χ0) is 25.1. The van der Waals surface area contributed by atoms with Crippen LogP contribution in [0.4, 0.5) is 0 Å². The van der Waals surface area contributed by atoms with Crippen molar-refractivity contribution in [3.05, 3.63) is 25.3 Å². The third-order valence-electron chi connectivity index (χ3n) is 7.75. The zero-order valence-corrected chi connectivity index (χ0v) is 21.6. The average molecular weight is 493 g/mol. The number of aliphatic hydroxyl groups excluding tert-OH is 1. The summed E-state index contributed by atoms with van der Waals surface area (Å²) in [5, 5.41) is 9.76. The molecule has 3 aliphatic heterocycles. The fourth-order valence-electron chi connectivity index (χ4n) is 6.26. The third-order valence-corrected chi connectivity index (χ3v) is 9.74. The highest BCUT2D eigenvalue weighted by molar-refractivity contribution is 8.02. The van der Waals surface area contributed by atoms with Gasteiger partial charge in [0.25, 0.3) is 0 Å². The molecular weight excluding hydrogens is 452 g/mol. The van der Waals surface area contributed by atoms with Crippen LogP contribution in [0.15, 0.2) is 25.3 Å². The second-order valence-electron chi connectivity index (χ2n) is 10.00. The first-order valence-corrected chi connectivity index (χ1v) is 13.3. The molecule has 34 heavy (non-hydrogen) atoms. The molecule has 3 saturated heterocycles. The Labute approximate surface area is 208 Å². The number of esters is 1. The highest BCUT2D eigenvalue weighted by Gasteiger charge is 2.77. The lowest BCUT2D eigenvalue weighted by atomic mass is 9.66. The van der Waals surface area contributed by atoms with Crippen molar-refractivity contribution in [3.63, 3.8) is 0 Å². The number of rotatable bonds is 13. The van der Waals surface area contributed by atoms with E-state index >= 15 is 0 Å². The van der Waals surface area contributed by atoms with Crippen molar-refractivity contribution < 1.29 is 24.2 Å². The maximum Gasteiger partial charge on any atom is 0.311 e. The van der Waals surface area contributed by atoms with E-state index in [0.29, 0.717) is 26.0 Å². The Morgan fingerprint density at radius 2 is 2.09 bits per heavy atom. The van der Waals surface area contributed by atoms with Crippen LogP contribution in [-0.4, -0.2) is 80.6 Å². The minimum Gasteiger partial charge on any atom is -0.465 e. The normalized spacial score (nSPS) is 32.4. The second-order valence-corrected chi connectivity index (χ2v) is 11.9. The van der Waals surface area contributed by atoms with Crippen LogP contribution in [-0.2, 0) is 19.1 Å². The lowest BCUT2D eigenvalue weighted by molar-refractivity contribution is -0.155. The Bertz CT molecular complexity index is 819. The van der Waals surface area contributed by atoms with Gasteiger partial charge in [0.2, 0.25) is 11.8 Å². The van der Waals surface area contributed by atoms with E-state index in [-0.39, 0.29) is 37.0 Å². The number of carbonyl (C=O) groups excluding carboxylic acids is 3. The molecule has 0 aliphatic carbocycles. The summed E-state index contributed by atoms with van der Waals surface area (Å²) in [5.41, 5.74) is 0. The van der Waals surface area contributed by atoms with Crippen molar-refractivity contribution in [2.45, 2.75) is 80.9 Å².